The van der Waals surface area contributed by atoms with Gasteiger partial charge in [0, 0.05) is 22.8 Å². The summed E-state index contributed by atoms with van der Waals surface area (Å²) in [4.78, 5) is 40.0. The number of epoxide rings is 2. The average Bonchev–Trinajstić information content (AvgIpc) is 4.07. The summed E-state index contributed by atoms with van der Waals surface area (Å²) in [5, 5.41) is 21.5. The number of rotatable bonds is 11. The van der Waals surface area contributed by atoms with E-state index in [9.17, 15) is 24.6 Å². The Labute approximate surface area is 366 Å². The Balaban J connectivity index is 0.738. The molecule has 2 spiro atoms. The summed E-state index contributed by atoms with van der Waals surface area (Å²) < 4.78 is 31.9. The topological polar surface area (TPSA) is 144 Å². The molecule has 0 amide bonds. The van der Waals surface area contributed by atoms with Gasteiger partial charge in [-0.05, 0) is 141 Å². The minimum Gasteiger partial charge on any atom is -0.458 e. The molecule has 2 unspecified atom stereocenters. The van der Waals surface area contributed by atoms with E-state index < -0.39 is 41.5 Å². The fourth-order valence-electron chi connectivity index (χ4n) is 15.9. The number of fused-ring (bicyclic) bond motifs is 5. The Kier molecular flexibility index (Phi) is 9.55. The molecule has 10 nitrogen and oxygen atoms in total. The maximum atomic E-state index is 13.9. The van der Waals surface area contributed by atoms with Crippen LogP contribution in [0.4, 0.5) is 0 Å². The third kappa shape index (κ3) is 5.82. The second kappa shape index (κ2) is 14.2. The van der Waals surface area contributed by atoms with Crippen molar-refractivity contribution < 1.29 is 48.3 Å². The molecule has 9 fully saturated rings. The van der Waals surface area contributed by atoms with Crippen molar-refractivity contribution in [3.63, 3.8) is 0 Å². The Morgan fingerprint density at radius 3 is 2.48 bits per heavy atom. The molecule has 16 atom stereocenters. The molecule has 3 heterocycles. The van der Waals surface area contributed by atoms with Gasteiger partial charge in [-0.2, -0.15) is 0 Å². The van der Waals surface area contributed by atoms with E-state index >= 15 is 0 Å². The van der Waals surface area contributed by atoms with Gasteiger partial charge in [0.25, 0.3) is 0 Å². The van der Waals surface area contributed by atoms with Crippen LogP contribution >= 0.6 is 0 Å². The summed E-state index contributed by atoms with van der Waals surface area (Å²) in [5.41, 5.74) is 3.39. The normalized spacial score (nSPS) is 48.0. The number of aliphatic hydroxyl groups excluding tert-OH is 2. The van der Waals surface area contributed by atoms with Crippen LogP contribution in [0.15, 0.2) is 58.7 Å². The highest BCUT2D eigenvalue weighted by molar-refractivity contribution is 5.92. The van der Waals surface area contributed by atoms with Crippen LogP contribution in [0.25, 0.3) is 0 Å². The molecule has 62 heavy (non-hydrogen) atoms. The van der Waals surface area contributed by atoms with Crippen molar-refractivity contribution in [2.75, 3.05) is 6.61 Å². The predicted octanol–water partition coefficient (Wildman–Crippen LogP) is 7.96. The van der Waals surface area contributed by atoms with Crippen molar-refractivity contribution in [2.45, 2.75) is 179 Å². The molecule has 2 N–H and O–H groups in total. The maximum Gasteiger partial charge on any atom is 0.334 e. The largest absolute Gasteiger partial charge is 0.458 e. The van der Waals surface area contributed by atoms with E-state index in [-0.39, 0.29) is 77.5 Å². The molecular formula is C52H68O10. The van der Waals surface area contributed by atoms with Crippen LogP contribution in [0.1, 0.15) is 131 Å². The number of ether oxygens (including phenoxy) is 5. The lowest BCUT2D eigenvalue weighted by Crippen LogP contribution is -2.67. The molecule has 11 aliphatic rings. The van der Waals surface area contributed by atoms with E-state index in [2.05, 4.69) is 65.5 Å². The fourth-order valence-corrected chi connectivity index (χ4v) is 15.9. The third-order valence-corrected chi connectivity index (χ3v) is 19.5. The van der Waals surface area contributed by atoms with E-state index in [0.717, 1.165) is 68.1 Å². The minimum absolute atomic E-state index is 0.0360. The quantitative estimate of drug-likeness (QED) is 0.0910. The number of hydrogen-bond acceptors (Lipinski definition) is 10. The lowest BCUT2D eigenvalue weighted by atomic mass is 9.46. The number of allylic oxidation sites excluding steroid dienone is 4. The number of aliphatic hydroxyl groups is 2. The molecule has 0 radical (unpaired) electrons. The Morgan fingerprint density at radius 1 is 0.952 bits per heavy atom. The van der Waals surface area contributed by atoms with Crippen LogP contribution in [0.2, 0.25) is 0 Å². The van der Waals surface area contributed by atoms with Crippen LogP contribution in [-0.2, 0) is 38.1 Å². The van der Waals surface area contributed by atoms with Gasteiger partial charge in [0.15, 0.2) is 5.60 Å². The first-order valence-corrected chi connectivity index (χ1v) is 24.4. The van der Waals surface area contributed by atoms with E-state index in [1.54, 1.807) is 0 Å². The highest BCUT2D eigenvalue weighted by Crippen LogP contribution is 2.87. The average molecular weight is 853 g/mol. The molecule has 7 saturated carbocycles. The summed E-state index contributed by atoms with van der Waals surface area (Å²) in [6.07, 6.45) is 18.1. The number of carbonyl (C=O) groups excluding carboxylic acids is 3. The van der Waals surface area contributed by atoms with Crippen LogP contribution in [0.5, 0.6) is 0 Å². The highest BCUT2D eigenvalue weighted by atomic mass is 16.7. The smallest absolute Gasteiger partial charge is 0.334 e. The molecule has 0 bridgehead atoms. The van der Waals surface area contributed by atoms with Crippen LogP contribution in [0.3, 0.4) is 0 Å². The van der Waals surface area contributed by atoms with Gasteiger partial charge in [-0.3, -0.25) is 9.59 Å². The van der Waals surface area contributed by atoms with Gasteiger partial charge in [-0.15, -0.1) is 0 Å². The first kappa shape index (κ1) is 41.6. The van der Waals surface area contributed by atoms with Gasteiger partial charge in [0.1, 0.15) is 24.4 Å². The van der Waals surface area contributed by atoms with Crippen molar-refractivity contribution in [1.29, 1.82) is 0 Å². The van der Waals surface area contributed by atoms with Crippen molar-refractivity contribution in [3.05, 3.63) is 58.7 Å². The summed E-state index contributed by atoms with van der Waals surface area (Å²) in [7, 11) is 0. The molecule has 0 aromatic carbocycles. The van der Waals surface area contributed by atoms with Crippen LogP contribution < -0.4 is 0 Å². The van der Waals surface area contributed by atoms with E-state index in [1.165, 1.54) is 18.4 Å². The van der Waals surface area contributed by atoms with Gasteiger partial charge in [-0.1, -0.05) is 71.1 Å². The zero-order chi connectivity index (χ0) is 43.3. The van der Waals surface area contributed by atoms with Gasteiger partial charge in [0.05, 0.1) is 37.3 Å². The standard InChI is InChI=1S/C52H68O10/c1-27(2)50-25-39(50)45-52(62-45)49(6)21-19-34-35(26-58-46(34)57)38(49)24-42-51(52,61-42)47(50)60-44(56)18-17-43(55)59-41-23-33(53)22-32(29(41)4)13-10-30-8-7-20-48(5)36(14-15-37(30)48)28(3)9-16-40(54)31-11-12-31/h9-10,13,16,27-28,31,33,36-42,45,47,53-54H,4,7-8,11-12,14-15,17-26H2,1-3,5-6H3/b16-9+,30-10+,32-13-/t28-,33+,36?,37?,38-,39-,40+,41-,42-,45-,47+,48+,49-,50+,51+,52+/m0/s1. The maximum absolute atomic E-state index is 13.9. The number of esters is 3. The second-order valence-electron chi connectivity index (χ2n) is 22.6. The molecule has 0 aromatic heterocycles. The van der Waals surface area contributed by atoms with Gasteiger partial charge < -0.3 is 33.9 Å². The van der Waals surface area contributed by atoms with Crippen molar-refractivity contribution in [3.8, 4) is 0 Å². The van der Waals surface area contributed by atoms with E-state index in [1.807, 2.05) is 0 Å². The summed E-state index contributed by atoms with van der Waals surface area (Å²) in [6, 6.07) is 0. The molecule has 8 aliphatic carbocycles. The monoisotopic (exact) mass is 852 g/mol. The van der Waals surface area contributed by atoms with Crippen LogP contribution in [0, 0.1) is 57.7 Å². The second-order valence-corrected chi connectivity index (χ2v) is 22.6. The van der Waals surface area contributed by atoms with Crippen molar-refractivity contribution >= 4 is 17.9 Å². The highest BCUT2D eigenvalue weighted by Gasteiger charge is 3.00. The fraction of sp³-hybridized carbons (Fsp3) is 0.750. The molecule has 336 valence electrons. The number of hydrogen-bond donors (Lipinski definition) is 2. The molecule has 3 aliphatic heterocycles. The molecule has 10 heteroatoms. The Hall–Kier alpha value is -3.05. The Morgan fingerprint density at radius 2 is 1.73 bits per heavy atom. The van der Waals surface area contributed by atoms with Crippen LogP contribution in [-0.4, -0.2) is 82.6 Å². The number of cyclic esters (lactones) is 1. The zero-order valence-electron chi connectivity index (χ0n) is 37.5. The zero-order valence-corrected chi connectivity index (χ0v) is 37.5. The SMILES string of the molecule is C=C1/C(=C\C=C2/CCC[C@@]3(C)C2CCC3[C@@H](C)/C=C/[C@@H](O)C2CC2)C[C@@H](O)C[C@@H]1OC(=O)CCC(=O)O[C@@H]1[C@@]2(C(C)C)C[C@H]2[C@@H]2O[C@]23[C@]12O[C@H]2C[C@H]1C2=C(CC[C@@]13C)C(=O)OC2. The third-order valence-electron chi connectivity index (χ3n) is 19.5. The first-order chi connectivity index (χ1) is 29.6. The van der Waals surface area contributed by atoms with Crippen molar-refractivity contribution in [1.82, 2.24) is 0 Å². The van der Waals surface area contributed by atoms with E-state index in [4.69, 9.17) is 23.7 Å². The molecular weight excluding hydrogens is 785 g/mol. The Bertz CT molecular complexity index is 2090. The summed E-state index contributed by atoms with van der Waals surface area (Å²) in [5.74, 6) is 1.43. The molecule has 11 rings (SSSR count). The van der Waals surface area contributed by atoms with Gasteiger partial charge in [-0.25, -0.2) is 4.79 Å². The van der Waals surface area contributed by atoms with E-state index in [0.29, 0.717) is 48.7 Å². The molecule has 2 saturated heterocycles. The van der Waals surface area contributed by atoms with Crippen molar-refractivity contribution in [2.24, 2.45) is 57.7 Å². The first-order valence-electron chi connectivity index (χ1n) is 24.4. The predicted molar refractivity (Wildman–Crippen MR) is 229 cm³/mol. The minimum atomic E-state index is -0.739. The summed E-state index contributed by atoms with van der Waals surface area (Å²) in [6.45, 7) is 16.2. The summed E-state index contributed by atoms with van der Waals surface area (Å²) >= 11 is 0. The lowest BCUT2D eigenvalue weighted by Gasteiger charge is -2.54. The van der Waals surface area contributed by atoms with Gasteiger partial charge >= 0.3 is 17.9 Å². The van der Waals surface area contributed by atoms with Gasteiger partial charge in [0.2, 0.25) is 0 Å². The lowest BCUT2D eigenvalue weighted by molar-refractivity contribution is -0.173. The molecule has 0 aromatic rings. The number of carbonyl (C=O) groups is 3.